The molecule has 142 valence electrons. The molecule has 1 amide bonds. The largest absolute Gasteiger partial charge is 0.494 e. The van der Waals surface area contributed by atoms with E-state index in [-0.39, 0.29) is 5.91 Å². The Kier molecular flexibility index (Phi) is 6.82. The molecule has 3 rings (SSSR count). The molecule has 0 radical (unpaired) electrons. The van der Waals surface area contributed by atoms with Gasteiger partial charge in [0.05, 0.1) is 6.61 Å². The highest BCUT2D eigenvalue weighted by molar-refractivity contribution is 7.80. The number of carbonyl (C=O) groups excluding carboxylic acids is 1. The second kappa shape index (κ2) is 9.51. The highest BCUT2D eigenvalue weighted by Crippen LogP contribution is 2.27. The van der Waals surface area contributed by atoms with Crippen LogP contribution in [0.25, 0.3) is 0 Å². The molecular formula is C22H26N2O2S. The van der Waals surface area contributed by atoms with Crippen molar-refractivity contribution < 1.29 is 9.53 Å². The molecule has 0 aromatic heterocycles. The van der Waals surface area contributed by atoms with E-state index in [4.69, 9.17) is 17.0 Å². The number of nitrogens with one attached hydrogen (secondary N) is 1. The van der Waals surface area contributed by atoms with Crippen molar-refractivity contribution in [2.24, 2.45) is 0 Å². The summed E-state index contributed by atoms with van der Waals surface area (Å²) in [6, 6.07) is 15.4. The molecule has 0 aliphatic carbocycles. The van der Waals surface area contributed by atoms with E-state index in [0.717, 1.165) is 30.8 Å². The molecule has 0 bridgehead atoms. The zero-order valence-corrected chi connectivity index (χ0v) is 16.6. The number of anilines is 1. The van der Waals surface area contributed by atoms with Gasteiger partial charge in [-0.3, -0.25) is 10.1 Å². The van der Waals surface area contributed by atoms with Gasteiger partial charge < -0.3 is 9.64 Å². The quantitative estimate of drug-likeness (QED) is 0.556. The lowest BCUT2D eigenvalue weighted by Crippen LogP contribution is -2.41. The molecule has 27 heavy (non-hydrogen) atoms. The van der Waals surface area contributed by atoms with Gasteiger partial charge in [0.15, 0.2) is 5.11 Å². The lowest BCUT2D eigenvalue weighted by Gasteiger charge is -2.20. The number of fused-ring (bicyclic) bond motifs is 1. The normalized spacial score (nSPS) is 12.6. The van der Waals surface area contributed by atoms with Crippen molar-refractivity contribution in [1.29, 1.82) is 0 Å². The van der Waals surface area contributed by atoms with Gasteiger partial charge >= 0.3 is 0 Å². The number of hydrogen-bond donors (Lipinski definition) is 1. The summed E-state index contributed by atoms with van der Waals surface area (Å²) < 4.78 is 5.72. The number of benzene rings is 2. The van der Waals surface area contributed by atoms with Crippen molar-refractivity contribution in [1.82, 2.24) is 5.32 Å². The second-order valence-electron chi connectivity index (χ2n) is 6.72. The smallest absolute Gasteiger partial charge is 0.257 e. The van der Waals surface area contributed by atoms with Gasteiger partial charge in [-0.05, 0) is 61.0 Å². The zero-order valence-electron chi connectivity index (χ0n) is 15.7. The molecule has 0 fully saturated rings. The number of nitrogens with zero attached hydrogens (tertiary/aromatic N) is 1. The average molecular weight is 383 g/mol. The van der Waals surface area contributed by atoms with Crippen molar-refractivity contribution in [2.75, 3.05) is 18.1 Å². The Bertz CT molecular complexity index is 789. The van der Waals surface area contributed by atoms with E-state index in [9.17, 15) is 4.79 Å². The van der Waals surface area contributed by atoms with E-state index in [0.29, 0.717) is 17.3 Å². The van der Waals surface area contributed by atoms with Gasteiger partial charge in [0, 0.05) is 17.8 Å². The van der Waals surface area contributed by atoms with Crippen LogP contribution in [0.1, 0.15) is 48.5 Å². The third-order valence-electron chi connectivity index (χ3n) is 4.74. The van der Waals surface area contributed by atoms with Crippen molar-refractivity contribution in [2.45, 2.75) is 39.0 Å². The van der Waals surface area contributed by atoms with E-state index in [2.05, 4.69) is 18.3 Å². The van der Waals surface area contributed by atoms with Gasteiger partial charge in [-0.2, -0.15) is 0 Å². The fourth-order valence-corrected chi connectivity index (χ4v) is 3.49. The number of ether oxygens (including phenoxy) is 1. The topological polar surface area (TPSA) is 41.6 Å². The van der Waals surface area contributed by atoms with Crippen molar-refractivity contribution in [3.05, 3.63) is 59.7 Å². The van der Waals surface area contributed by atoms with Gasteiger partial charge in [-0.1, -0.05) is 44.4 Å². The van der Waals surface area contributed by atoms with Crippen LogP contribution in [0.15, 0.2) is 48.5 Å². The maximum absolute atomic E-state index is 12.5. The van der Waals surface area contributed by atoms with E-state index < -0.39 is 0 Å². The van der Waals surface area contributed by atoms with Crippen molar-refractivity contribution in [3.63, 3.8) is 0 Å². The molecule has 4 nitrogen and oxygen atoms in total. The summed E-state index contributed by atoms with van der Waals surface area (Å²) in [5.41, 5.74) is 2.91. The first-order valence-corrected chi connectivity index (χ1v) is 10.0. The summed E-state index contributed by atoms with van der Waals surface area (Å²) >= 11 is 5.45. The van der Waals surface area contributed by atoms with E-state index in [1.165, 1.54) is 24.8 Å². The van der Waals surface area contributed by atoms with Crippen LogP contribution in [0.4, 0.5) is 5.69 Å². The van der Waals surface area contributed by atoms with Gasteiger partial charge in [-0.15, -0.1) is 0 Å². The standard InChI is InChI=1S/C22H26N2O2S/c1-2-3-4-7-16-26-19-12-10-18(11-13-19)21(25)23-22(27)24-15-14-17-8-5-6-9-20(17)24/h5-6,8-13H,2-4,7,14-16H2,1H3,(H,23,25,27). The lowest BCUT2D eigenvalue weighted by atomic mass is 10.2. The van der Waals surface area contributed by atoms with E-state index in [1.54, 1.807) is 12.1 Å². The highest BCUT2D eigenvalue weighted by atomic mass is 32.1. The molecule has 2 aromatic rings. The van der Waals surface area contributed by atoms with Crippen molar-refractivity contribution >= 4 is 28.9 Å². The number of rotatable bonds is 7. The molecule has 0 atom stereocenters. The summed E-state index contributed by atoms with van der Waals surface area (Å²) in [6.45, 7) is 3.70. The molecule has 5 heteroatoms. The van der Waals surface area contributed by atoms with Crippen LogP contribution >= 0.6 is 12.2 Å². The minimum absolute atomic E-state index is 0.195. The fourth-order valence-electron chi connectivity index (χ4n) is 3.21. The Hall–Kier alpha value is -2.40. The van der Waals surface area contributed by atoms with Gasteiger partial charge in [0.25, 0.3) is 5.91 Å². The molecule has 1 N–H and O–H groups in total. The number of unbranched alkanes of at least 4 members (excludes halogenated alkanes) is 3. The molecule has 2 aromatic carbocycles. The molecule has 1 aliphatic heterocycles. The first-order valence-electron chi connectivity index (χ1n) is 9.62. The van der Waals surface area contributed by atoms with Crippen LogP contribution < -0.4 is 15.0 Å². The summed E-state index contributed by atoms with van der Waals surface area (Å²) in [5.74, 6) is 0.595. The first kappa shape index (κ1) is 19.4. The number of thiocarbonyl (C=S) groups is 1. The number of para-hydroxylation sites is 1. The Morgan fingerprint density at radius 2 is 1.89 bits per heavy atom. The summed E-state index contributed by atoms with van der Waals surface area (Å²) in [5, 5.41) is 3.29. The van der Waals surface area contributed by atoms with Crippen LogP contribution in [0.3, 0.4) is 0 Å². The molecule has 0 saturated carbocycles. The minimum Gasteiger partial charge on any atom is -0.494 e. The predicted octanol–water partition coefficient (Wildman–Crippen LogP) is 4.72. The van der Waals surface area contributed by atoms with E-state index in [1.807, 2.05) is 35.2 Å². The Morgan fingerprint density at radius 1 is 1.11 bits per heavy atom. The summed E-state index contributed by atoms with van der Waals surface area (Å²) in [4.78, 5) is 14.5. The first-order chi connectivity index (χ1) is 13.2. The minimum atomic E-state index is -0.195. The maximum Gasteiger partial charge on any atom is 0.257 e. The second-order valence-corrected chi connectivity index (χ2v) is 7.11. The third-order valence-corrected chi connectivity index (χ3v) is 5.06. The lowest BCUT2D eigenvalue weighted by molar-refractivity contribution is 0.0977. The number of amides is 1. The summed E-state index contributed by atoms with van der Waals surface area (Å²) in [7, 11) is 0. The average Bonchev–Trinajstić information content (AvgIpc) is 3.12. The van der Waals surface area contributed by atoms with Crippen LogP contribution in [0.2, 0.25) is 0 Å². The molecule has 0 saturated heterocycles. The molecule has 0 unspecified atom stereocenters. The highest BCUT2D eigenvalue weighted by Gasteiger charge is 2.23. The van der Waals surface area contributed by atoms with Crippen LogP contribution in [-0.2, 0) is 6.42 Å². The fraction of sp³-hybridized carbons (Fsp3) is 0.364. The number of carbonyl (C=O) groups is 1. The number of hydrogen-bond acceptors (Lipinski definition) is 3. The predicted molar refractivity (Wildman–Crippen MR) is 114 cm³/mol. The molecule has 1 heterocycles. The summed E-state index contributed by atoms with van der Waals surface area (Å²) in [6.07, 6.45) is 5.64. The van der Waals surface area contributed by atoms with Gasteiger partial charge in [0.2, 0.25) is 0 Å². The Labute approximate surface area is 166 Å². The van der Waals surface area contributed by atoms with Crippen molar-refractivity contribution in [3.8, 4) is 5.75 Å². The Balaban J connectivity index is 1.52. The van der Waals surface area contributed by atoms with Gasteiger partial charge in [-0.25, -0.2) is 0 Å². The van der Waals surface area contributed by atoms with Crippen LogP contribution in [0, 0.1) is 0 Å². The maximum atomic E-state index is 12.5. The Morgan fingerprint density at radius 3 is 2.67 bits per heavy atom. The molecular weight excluding hydrogens is 356 g/mol. The zero-order chi connectivity index (χ0) is 19.1. The van der Waals surface area contributed by atoms with Crippen LogP contribution in [0.5, 0.6) is 5.75 Å². The van der Waals surface area contributed by atoms with Gasteiger partial charge in [0.1, 0.15) is 5.75 Å². The SMILES string of the molecule is CCCCCCOc1ccc(C(=O)NC(=S)N2CCc3ccccc32)cc1. The monoisotopic (exact) mass is 382 g/mol. The molecule has 1 aliphatic rings. The molecule has 0 spiro atoms. The van der Waals surface area contributed by atoms with E-state index >= 15 is 0 Å². The third kappa shape index (κ3) is 5.07. The van der Waals surface area contributed by atoms with Crippen LogP contribution in [-0.4, -0.2) is 24.2 Å².